The first-order valence-electron chi connectivity index (χ1n) is 7.36. The predicted octanol–water partition coefficient (Wildman–Crippen LogP) is 4.15. The van der Waals surface area contributed by atoms with E-state index in [1.807, 2.05) is 54.6 Å². The summed E-state index contributed by atoms with van der Waals surface area (Å²) in [5.74, 6) is 0.209. The molecule has 0 amide bonds. The largest absolute Gasteiger partial charge is 0.382 e. The molecule has 0 radical (unpaired) electrons. The van der Waals surface area contributed by atoms with E-state index < -0.39 is 0 Å². The first kappa shape index (κ1) is 16.5. The third-order valence-corrected chi connectivity index (χ3v) is 4.12. The van der Waals surface area contributed by atoms with E-state index in [1.54, 1.807) is 6.08 Å². The molecule has 0 saturated heterocycles. The number of anilines is 1. The van der Waals surface area contributed by atoms with Crippen LogP contribution in [0.3, 0.4) is 0 Å². The van der Waals surface area contributed by atoms with Crippen molar-refractivity contribution in [3.05, 3.63) is 75.9 Å². The Morgan fingerprint density at radius 3 is 2.36 bits per heavy atom. The molecule has 3 rings (SSSR count). The summed E-state index contributed by atoms with van der Waals surface area (Å²) in [7, 11) is 0. The van der Waals surface area contributed by atoms with Crippen LogP contribution < -0.4 is 5.73 Å². The molecule has 5 nitrogen and oxygen atoms in total. The topological polar surface area (TPSA) is 91.4 Å². The summed E-state index contributed by atoms with van der Waals surface area (Å²) >= 11 is 3.37. The SMILES string of the molecule is N#C/C(=C\c1ccc(Br)cc1)c1nn(-c2ccccc2)c(N)c1C#N. The Morgan fingerprint density at radius 2 is 1.76 bits per heavy atom. The lowest BCUT2D eigenvalue weighted by atomic mass is 10.1. The molecule has 0 unspecified atom stereocenters. The first-order chi connectivity index (χ1) is 12.1. The quantitative estimate of drug-likeness (QED) is 0.680. The molecule has 2 N–H and O–H groups in total. The number of nitrogen functional groups attached to an aromatic ring is 1. The lowest BCUT2D eigenvalue weighted by molar-refractivity contribution is 0.885. The van der Waals surface area contributed by atoms with Crippen molar-refractivity contribution in [1.82, 2.24) is 9.78 Å². The van der Waals surface area contributed by atoms with Gasteiger partial charge in [0.1, 0.15) is 29.2 Å². The third kappa shape index (κ3) is 3.30. The zero-order chi connectivity index (χ0) is 17.8. The van der Waals surface area contributed by atoms with Gasteiger partial charge in [-0.25, -0.2) is 4.68 Å². The second kappa shape index (κ2) is 7.04. The van der Waals surface area contributed by atoms with E-state index in [9.17, 15) is 10.5 Å². The normalized spacial score (nSPS) is 10.9. The average molecular weight is 390 g/mol. The number of hydrogen-bond acceptors (Lipinski definition) is 4. The van der Waals surface area contributed by atoms with E-state index in [2.05, 4.69) is 33.2 Å². The second-order valence-electron chi connectivity index (χ2n) is 5.19. The minimum atomic E-state index is 0.189. The highest BCUT2D eigenvalue weighted by Gasteiger charge is 2.19. The van der Waals surface area contributed by atoms with Gasteiger partial charge in [0.2, 0.25) is 0 Å². The molecule has 25 heavy (non-hydrogen) atoms. The standard InChI is InChI=1S/C19H12BrN5/c20-15-8-6-13(7-9-15)10-14(11-21)18-17(12-22)19(23)25(24-18)16-4-2-1-3-5-16/h1-10H,23H2/b14-10+. The number of nitrogens with two attached hydrogens (primary N) is 1. The van der Waals surface area contributed by atoms with Crippen molar-refractivity contribution in [1.29, 1.82) is 10.5 Å². The fourth-order valence-electron chi connectivity index (χ4n) is 2.38. The zero-order valence-electron chi connectivity index (χ0n) is 13.0. The van der Waals surface area contributed by atoms with Gasteiger partial charge in [-0.3, -0.25) is 0 Å². The molecule has 0 fully saturated rings. The molecule has 0 spiro atoms. The van der Waals surface area contributed by atoms with Crippen LogP contribution >= 0.6 is 15.9 Å². The number of aromatic nitrogens is 2. The Morgan fingerprint density at radius 1 is 1.08 bits per heavy atom. The fraction of sp³-hybridized carbons (Fsp3) is 0. The van der Waals surface area contributed by atoms with Crippen LogP contribution in [0.5, 0.6) is 0 Å². The van der Waals surface area contributed by atoms with Crippen molar-refractivity contribution in [2.45, 2.75) is 0 Å². The van der Waals surface area contributed by atoms with Gasteiger partial charge in [-0.2, -0.15) is 15.6 Å². The molecule has 2 aromatic carbocycles. The van der Waals surface area contributed by atoms with Crippen LogP contribution in [-0.4, -0.2) is 9.78 Å². The van der Waals surface area contributed by atoms with Crippen LogP contribution in [0.2, 0.25) is 0 Å². The van der Waals surface area contributed by atoms with Gasteiger partial charge in [0.05, 0.1) is 11.3 Å². The van der Waals surface area contributed by atoms with Crippen molar-refractivity contribution in [3.8, 4) is 17.8 Å². The van der Waals surface area contributed by atoms with E-state index in [0.29, 0.717) is 0 Å². The summed E-state index contributed by atoms with van der Waals surface area (Å²) in [5, 5.41) is 23.4. The molecule has 0 aliphatic rings. The number of rotatable bonds is 3. The Labute approximate surface area is 153 Å². The third-order valence-electron chi connectivity index (χ3n) is 3.59. The predicted molar refractivity (Wildman–Crippen MR) is 100 cm³/mol. The van der Waals surface area contributed by atoms with Crippen LogP contribution in [0.1, 0.15) is 16.8 Å². The Bertz CT molecular complexity index is 1020. The maximum atomic E-state index is 9.56. The molecule has 1 aromatic heterocycles. The average Bonchev–Trinajstić information content (AvgIpc) is 2.98. The van der Waals surface area contributed by atoms with Gasteiger partial charge < -0.3 is 5.73 Å². The number of hydrogen-bond donors (Lipinski definition) is 1. The van der Waals surface area contributed by atoms with Crippen LogP contribution in [0.15, 0.2) is 59.1 Å². The van der Waals surface area contributed by atoms with E-state index in [4.69, 9.17) is 5.73 Å². The fourth-order valence-corrected chi connectivity index (χ4v) is 2.64. The van der Waals surface area contributed by atoms with E-state index >= 15 is 0 Å². The minimum absolute atomic E-state index is 0.189. The number of allylic oxidation sites excluding steroid dienone is 1. The molecule has 0 saturated carbocycles. The summed E-state index contributed by atoms with van der Waals surface area (Å²) in [6.45, 7) is 0. The number of nitriles is 2. The van der Waals surface area contributed by atoms with Crippen LogP contribution in [0.25, 0.3) is 17.3 Å². The van der Waals surface area contributed by atoms with Gasteiger partial charge >= 0.3 is 0 Å². The molecule has 120 valence electrons. The Balaban J connectivity index is 2.14. The maximum absolute atomic E-state index is 9.56. The van der Waals surface area contributed by atoms with Gasteiger partial charge in [-0.15, -0.1) is 0 Å². The van der Waals surface area contributed by atoms with Crippen molar-refractivity contribution in [2.75, 3.05) is 5.73 Å². The minimum Gasteiger partial charge on any atom is -0.382 e. The summed E-state index contributed by atoms with van der Waals surface area (Å²) < 4.78 is 2.42. The highest BCUT2D eigenvalue weighted by molar-refractivity contribution is 9.10. The highest BCUT2D eigenvalue weighted by atomic mass is 79.9. The first-order valence-corrected chi connectivity index (χ1v) is 8.15. The number of benzene rings is 2. The molecular weight excluding hydrogens is 378 g/mol. The highest BCUT2D eigenvalue weighted by Crippen LogP contribution is 2.27. The maximum Gasteiger partial charge on any atom is 0.145 e. The second-order valence-corrected chi connectivity index (χ2v) is 6.11. The molecule has 0 bridgehead atoms. The summed E-state index contributed by atoms with van der Waals surface area (Å²) in [5.41, 5.74) is 8.38. The summed E-state index contributed by atoms with van der Waals surface area (Å²) in [4.78, 5) is 0. The van der Waals surface area contributed by atoms with Gasteiger partial charge in [0, 0.05) is 4.47 Å². The van der Waals surface area contributed by atoms with Crippen LogP contribution in [-0.2, 0) is 0 Å². The Hall–Kier alpha value is -3.35. The number of para-hydroxylation sites is 1. The van der Waals surface area contributed by atoms with Crippen molar-refractivity contribution in [2.24, 2.45) is 0 Å². The van der Waals surface area contributed by atoms with E-state index in [1.165, 1.54) is 4.68 Å². The van der Waals surface area contributed by atoms with Crippen molar-refractivity contribution in [3.63, 3.8) is 0 Å². The zero-order valence-corrected chi connectivity index (χ0v) is 14.6. The van der Waals surface area contributed by atoms with E-state index in [-0.39, 0.29) is 22.6 Å². The molecule has 0 aliphatic carbocycles. The van der Waals surface area contributed by atoms with Crippen LogP contribution in [0.4, 0.5) is 5.82 Å². The number of nitrogens with zero attached hydrogens (tertiary/aromatic N) is 4. The van der Waals surface area contributed by atoms with Gasteiger partial charge in [0.25, 0.3) is 0 Å². The number of halogens is 1. The molecule has 0 atom stereocenters. The van der Waals surface area contributed by atoms with Gasteiger partial charge in [0.15, 0.2) is 0 Å². The molecular formula is C19H12BrN5. The summed E-state index contributed by atoms with van der Waals surface area (Å²) in [6.07, 6.45) is 1.68. The molecule has 6 heteroatoms. The van der Waals surface area contributed by atoms with Gasteiger partial charge in [-0.1, -0.05) is 46.3 Å². The molecule has 3 aromatic rings. The molecule has 1 heterocycles. The lowest BCUT2D eigenvalue weighted by Gasteiger charge is -2.02. The van der Waals surface area contributed by atoms with Gasteiger partial charge in [-0.05, 0) is 35.9 Å². The Kier molecular flexibility index (Phi) is 4.65. The summed E-state index contributed by atoms with van der Waals surface area (Å²) in [6, 6.07) is 20.9. The van der Waals surface area contributed by atoms with Crippen molar-refractivity contribution < 1.29 is 0 Å². The van der Waals surface area contributed by atoms with Crippen molar-refractivity contribution >= 4 is 33.4 Å². The molecule has 0 aliphatic heterocycles. The smallest absolute Gasteiger partial charge is 0.145 e. The monoisotopic (exact) mass is 389 g/mol. The van der Waals surface area contributed by atoms with E-state index in [0.717, 1.165) is 15.7 Å². The lowest BCUT2D eigenvalue weighted by Crippen LogP contribution is -2.02. The van der Waals surface area contributed by atoms with Crippen LogP contribution in [0, 0.1) is 22.7 Å².